The van der Waals surface area contributed by atoms with Crippen molar-refractivity contribution in [3.63, 3.8) is 0 Å². The second kappa shape index (κ2) is 2.79. The highest BCUT2D eigenvalue weighted by Gasteiger charge is 2.37. The van der Waals surface area contributed by atoms with Gasteiger partial charge in [0.25, 0.3) is 0 Å². The van der Waals surface area contributed by atoms with E-state index in [9.17, 15) is 0 Å². The summed E-state index contributed by atoms with van der Waals surface area (Å²) in [5.74, 6) is 0.548. The molecule has 2 N–H and O–H groups in total. The molecule has 0 radical (unpaired) electrons. The molecule has 13 heavy (non-hydrogen) atoms. The van der Waals surface area contributed by atoms with Gasteiger partial charge in [0.05, 0.1) is 10.7 Å². The van der Waals surface area contributed by atoms with Crippen LogP contribution in [0, 0.1) is 0 Å². The van der Waals surface area contributed by atoms with E-state index in [2.05, 4.69) is 31.1 Å². The molecular formula is C10H16N2S. The third-order valence-corrected chi connectivity index (χ3v) is 3.67. The molecule has 3 heteroatoms. The van der Waals surface area contributed by atoms with Crippen molar-refractivity contribution in [2.75, 3.05) is 0 Å². The molecule has 2 atom stereocenters. The molecule has 1 aliphatic rings. The van der Waals surface area contributed by atoms with E-state index in [-0.39, 0.29) is 5.41 Å². The summed E-state index contributed by atoms with van der Waals surface area (Å²) in [6.45, 7) is 6.59. The second-order valence-corrected chi connectivity index (χ2v) is 5.69. The van der Waals surface area contributed by atoms with E-state index in [0.717, 1.165) is 6.42 Å². The lowest BCUT2D eigenvalue weighted by molar-refractivity contribution is 0.583. The van der Waals surface area contributed by atoms with Gasteiger partial charge in [-0.25, -0.2) is 4.98 Å². The summed E-state index contributed by atoms with van der Waals surface area (Å²) >= 11 is 1.76. The van der Waals surface area contributed by atoms with Crippen LogP contribution in [0.1, 0.15) is 43.8 Å². The van der Waals surface area contributed by atoms with Gasteiger partial charge < -0.3 is 5.73 Å². The molecule has 0 saturated heterocycles. The SMILES string of the molecule is CC(C)(C)c1nc(C2CC2N)cs1. The Labute approximate surface area is 83.2 Å². The van der Waals surface area contributed by atoms with Crippen LogP contribution in [0.3, 0.4) is 0 Å². The van der Waals surface area contributed by atoms with Crippen molar-refractivity contribution in [2.24, 2.45) is 5.73 Å². The van der Waals surface area contributed by atoms with Gasteiger partial charge in [0, 0.05) is 22.8 Å². The zero-order valence-corrected chi connectivity index (χ0v) is 9.19. The first kappa shape index (κ1) is 9.16. The fourth-order valence-corrected chi connectivity index (χ4v) is 2.33. The van der Waals surface area contributed by atoms with Crippen molar-refractivity contribution < 1.29 is 0 Å². The first-order valence-corrected chi connectivity index (χ1v) is 5.58. The van der Waals surface area contributed by atoms with E-state index < -0.39 is 0 Å². The molecule has 2 nitrogen and oxygen atoms in total. The van der Waals surface area contributed by atoms with Crippen molar-refractivity contribution in [3.8, 4) is 0 Å². The van der Waals surface area contributed by atoms with Gasteiger partial charge in [-0.05, 0) is 6.42 Å². The summed E-state index contributed by atoms with van der Waals surface area (Å²) in [4.78, 5) is 4.63. The van der Waals surface area contributed by atoms with E-state index in [1.807, 2.05) is 0 Å². The average molecular weight is 196 g/mol. The summed E-state index contributed by atoms with van der Waals surface area (Å²) in [5.41, 5.74) is 7.17. The van der Waals surface area contributed by atoms with Crippen LogP contribution < -0.4 is 5.73 Å². The quantitative estimate of drug-likeness (QED) is 0.748. The molecule has 1 saturated carbocycles. The predicted octanol–water partition coefficient (Wildman–Crippen LogP) is 2.26. The molecule has 2 rings (SSSR count). The average Bonchev–Trinajstić information content (AvgIpc) is 2.57. The maximum absolute atomic E-state index is 5.78. The van der Waals surface area contributed by atoms with Crippen LogP contribution in [-0.4, -0.2) is 11.0 Å². The molecule has 72 valence electrons. The first-order chi connectivity index (χ1) is 5.98. The topological polar surface area (TPSA) is 38.9 Å². The number of rotatable bonds is 1. The third kappa shape index (κ3) is 1.76. The fraction of sp³-hybridized carbons (Fsp3) is 0.700. The molecule has 0 spiro atoms. The van der Waals surface area contributed by atoms with Crippen molar-refractivity contribution in [2.45, 2.75) is 44.6 Å². The van der Waals surface area contributed by atoms with Gasteiger partial charge >= 0.3 is 0 Å². The number of hydrogen-bond donors (Lipinski definition) is 1. The van der Waals surface area contributed by atoms with E-state index >= 15 is 0 Å². The Morgan fingerprint density at radius 2 is 2.15 bits per heavy atom. The minimum atomic E-state index is 0.182. The summed E-state index contributed by atoms with van der Waals surface area (Å²) in [6.07, 6.45) is 1.12. The summed E-state index contributed by atoms with van der Waals surface area (Å²) in [6, 6.07) is 0.370. The molecule has 0 amide bonds. The Morgan fingerprint density at radius 3 is 2.54 bits per heavy atom. The molecule has 1 aromatic rings. The largest absolute Gasteiger partial charge is 0.327 e. The van der Waals surface area contributed by atoms with E-state index in [4.69, 9.17) is 5.73 Å². The van der Waals surface area contributed by atoms with Crippen molar-refractivity contribution in [1.29, 1.82) is 0 Å². The summed E-state index contributed by atoms with van der Waals surface area (Å²) < 4.78 is 0. The highest BCUT2D eigenvalue weighted by Crippen LogP contribution is 2.40. The summed E-state index contributed by atoms with van der Waals surface area (Å²) in [7, 11) is 0. The van der Waals surface area contributed by atoms with Crippen LogP contribution in [0.5, 0.6) is 0 Å². The molecule has 1 heterocycles. The number of nitrogens with zero attached hydrogens (tertiary/aromatic N) is 1. The van der Waals surface area contributed by atoms with E-state index in [0.29, 0.717) is 12.0 Å². The highest BCUT2D eigenvalue weighted by atomic mass is 32.1. The second-order valence-electron chi connectivity index (χ2n) is 4.83. The van der Waals surface area contributed by atoms with Crippen molar-refractivity contribution in [3.05, 3.63) is 16.1 Å². The minimum absolute atomic E-state index is 0.182. The first-order valence-electron chi connectivity index (χ1n) is 4.70. The van der Waals surface area contributed by atoms with Crippen molar-refractivity contribution >= 4 is 11.3 Å². The van der Waals surface area contributed by atoms with Gasteiger partial charge in [0.1, 0.15) is 0 Å². The third-order valence-electron chi connectivity index (χ3n) is 2.38. The molecule has 0 aliphatic heterocycles. The highest BCUT2D eigenvalue weighted by molar-refractivity contribution is 7.09. The Hall–Kier alpha value is -0.410. The van der Waals surface area contributed by atoms with E-state index in [1.54, 1.807) is 11.3 Å². The van der Waals surface area contributed by atoms with Gasteiger partial charge in [-0.1, -0.05) is 20.8 Å². The zero-order chi connectivity index (χ0) is 9.64. The van der Waals surface area contributed by atoms with Crippen LogP contribution in [0.25, 0.3) is 0 Å². The predicted molar refractivity (Wildman–Crippen MR) is 56.1 cm³/mol. The monoisotopic (exact) mass is 196 g/mol. The molecule has 2 unspecified atom stereocenters. The Balaban J connectivity index is 2.19. The Bertz CT molecular complexity index is 311. The number of hydrogen-bond acceptors (Lipinski definition) is 3. The van der Waals surface area contributed by atoms with Crippen LogP contribution in [0.2, 0.25) is 0 Å². The molecule has 1 fully saturated rings. The van der Waals surface area contributed by atoms with Crippen LogP contribution in [-0.2, 0) is 5.41 Å². The van der Waals surface area contributed by atoms with E-state index in [1.165, 1.54) is 10.7 Å². The van der Waals surface area contributed by atoms with Gasteiger partial charge in [0.2, 0.25) is 0 Å². The molecule has 1 aliphatic carbocycles. The molecule has 1 aromatic heterocycles. The van der Waals surface area contributed by atoms with Gasteiger partial charge in [-0.15, -0.1) is 11.3 Å². The Morgan fingerprint density at radius 1 is 1.54 bits per heavy atom. The van der Waals surface area contributed by atoms with Crippen LogP contribution >= 0.6 is 11.3 Å². The van der Waals surface area contributed by atoms with Gasteiger partial charge in [0.15, 0.2) is 0 Å². The standard InChI is InChI=1S/C10H16N2S/c1-10(2,3)9-12-8(5-13-9)6-4-7(6)11/h5-7H,4,11H2,1-3H3. The minimum Gasteiger partial charge on any atom is -0.327 e. The fourth-order valence-electron chi connectivity index (χ4n) is 1.36. The van der Waals surface area contributed by atoms with Crippen LogP contribution in [0.15, 0.2) is 5.38 Å². The van der Waals surface area contributed by atoms with Gasteiger partial charge in [-0.2, -0.15) is 0 Å². The van der Waals surface area contributed by atoms with Crippen molar-refractivity contribution in [1.82, 2.24) is 4.98 Å². The normalized spacial score (nSPS) is 27.7. The lowest BCUT2D eigenvalue weighted by Crippen LogP contribution is -2.10. The number of aromatic nitrogens is 1. The lowest BCUT2D eigenvalue weighted by atomic mass is 9.98. The summed E-state index contributed by atoms with van der Waals surface area (Å²) in [5, 5.41) is 3.39. The molecule has 0 bridgehead atoms. The van der Waals surface area contributed by atoms with Crippen LogP contribution in [0.4, 0.5) is 0 Å². The maximum atomic E-state index is 5.78. The zero-order valence-electron chi connectivity index (χ0n) is 8.37. The smallest absolute Gasteiger partial charge is 0.0982 e. The molecule has 0 aromatic carbocycles. The number of nitrogens with two attached hydrogens (primary N) is 1. The maximum Gasteiger partial charge on any atom is 0.0982 e. The molecular weight excluding hydrogens is 180 g/mol. The number of thiazole rings is 1. The Kier molecular flexibility index (Phi) is 1.96. The van der Waals surface area contributed by atoms with Gasteiger partial charge in [-0.3, -0.25) is 0 Å². The lowest BCUT2D eigenvalue weighted by Gasteiger charge is -2.13.